The van der Waals surface area contributed by atoms with Gasteiger partial charge in [0.1, 0.15) is 0 Å². The molecule has 1 aromatic rings. The van der Waals surface area contributed by atoms with Crippen LogP contribution in [0.15, 0.2) is 18.2 Å². The number of nitrogens with two attached hydrogens (primary N) is 1. The molecule has 1 saturated heterocycles. The maximum atomic E-state index is 12.5. The van der Waals surface area contributed by atoms with Crippen molar-refractivity contribution in [3.63, 3.8) is 0 Å². The van der Waals surface area contributed by atoms with Gasteiger partial charge in [-0.2, -0.15) is 0 Å². The van der Waals surface area contributed by atoms with Crippen molar-refractivity contribution in [2.45, 2.75) is 45.6 Å². The molecule has 0 spiro atoms. The first-order valence-corrected chi connectivity index (χ1v) is 10.1. The lowest BCUT2D eigenvalue weighted by atomic mass is 10.1. The van der Waals surface area contributed by atoms with Gasteiger partial charge in [-0.15, -0.1) is 12.4 Å². The minimum atomic E-state index is -3.21. The number of carbonyl (C=O) groups is 1. The molecule has 1 atom stereocenters. The van der Waals surface area contributed by atoms with E-state index in [-0.39, 0.29) is 30.1 Å². The molecule has 1 aliphatic heterocycles. The van der Waals surface area contributed by atoms with E-state index in [1.54, 1.807) is 18.2 Å². The number of anilines is 1. The summed E-state index contributed by atoms with van der Waals surface area (Å²) in [4.78, 5) is 12.5. The monoisotopic (exact) mass is 389 g/mol. The Morgan fingerprint density at radius 3 is 2.64 bits per heavy atom. The fourth-order valence-corrected chi connectivity index (χ4v) is 4.51. The van der Waals surface area contributed by atoms with Crippen molar-refractivity contribution in [2.75, 3.05) is 23.1 Å². The highest BCUT2D eigenvalue weighted by atomic mass is 35.5. The fraction of sp³-hybridized carbons (Fsp3) is 0.588. The Balaban J connectivity index is 0.00000312. The highest BCUT2D eigenvalue weighted by Crippen LogP contribution is 2.26. The maximum Gasteiger partial charge on any atom is 0.251 e. The summed E-state index contributed by atoms with van der Waals surface area (Å²) in [5.74, 6) is 0.0269. The van der Waals surface area contributed by atoms with Crippen LogP contribution in [0.1, 0.15) is 48.5 Å². The Bertz CT molecular complexity index is 694. The number of halogens is 1. The second kappa shape index (κ2) is 9.40. The van der Waals surface area contributed by atoms with Crippen LogP contribution in [0.4, 0.5) is 5.69 Å². The van der Waals surface area contributed by atoms with E-state index in [0.717, 1.165) is 24.8 Å². The molecular formula is C17H28ClN3O3S. The molecule has 1 heterocycles. The highest BCUT2D eigenvalue weighted by molar-refractivity contribution is 7.93. The number of hydrogen-bond acceptors (Lipinski definition) is 4. The molecule has 25 heavy (non-hydrogen) atoms. The van der Waals surface area contributed by atoms with Gasteiger partial charge in [-0.3, -0.25) is 9.10 Å². The van der Waals surface area contributed by atoms with Crippen LogP contribution in [0.25, 0.3) is 0 Å². The standard InChI is InChI=1S/C17H27N3O3S.ClH/c1-3-4-6-14(12-18)19-17(21)16-8-7-15(11-13(16)2)20-9-5-10-24(20,22)23;/h7-8,11,14H,3-6,9-10,12,18H2,1-2H3,(H,19,21);1H. The van der Waals surface area contributed by atoms with E-state index >= 15 is 0 Å². The predicted molar refractivity (Wildman–Crippen MR) is 104 cm³/mol. The summed E-state index contributed by atoms with van der Waals surface area (Å²) in [7, 11) is -3.21. The lowest BCUT2D eigenvalue weighted by Gasteiger charge is -2.20. The van der Waals surface area contributed by atoms with Crippen molar-refractivity contribution in [3.8, 4) is 0 Å². The molecule has 6 nitrogen and oxygen atoms in total. The number of carbonyl (C=O) groups excluding carboxylic acids is 1. The number of unbranched alkanes of at least 4 members (excludes halogenated alkanes) is 1. The zero-order valence-electron chi connectivity index (χ0n) is 14.8. The van der Waals surface area contributed by atoms with Crippen molar-refractivity contribution in [2.24, 2.45) is 5.73 Å². The maximum absolute atomic E-state index is 12.5. The van der Waals surface area contributed by atoms with Gasteiger partial charge in [0.15, 0.2) is 0 Å². The topological polar surface area (TPSA) is 92.5 Å². The third kappa shape index (κ3) is 5.33. The van der Waals surface area contributed by atoms with Gasteiger partial charge in [-0.1, -0.05) is 19.8 Å². The number of sulfonamides is 1. The van der Waals surface area contributed by atoms with Gasteiger partial charge in [0.05, 0.1) is 11.4 Å². The first-order valence-electron chi connectivity index (χ1n) is 8.51. The van der Waals surface area contributed by atoms with E-state index < -0.39 is 10.0 Å². The van der Waals surface area contributed by atoms with Gasteiger partial charge in [0, 0.05) is 24.7 Å². The van der Waals surface area contributed by atoms with Gasteiger partial charge in [-0.25, -0.2) is 8.42 Å². The predicted octanol–water partition coefficient (Wildman–Crippen LogP) is 2.20. The quantitative estimate of drug-likeness (QED) is 0.747. The summed E-state index contributed by atoms with van der Waals surface area (Å²) in [6.07, 6.45) is 3.58. The molecule has 0 saturated carbocycles. The van der Waals surface area contributed by atoms with Crippen molar-refractivity contribution in [1.82, 2.24) is 5.32 Å². The minimum Gasteiger partial charge on any atom is -0.348 e. The number of hydrogen-bond donors (Lipinski definition) is 2. The van der Waals surface area contributed by atoms with E-state index in [1.165, 1.54) is 4.31 Å². The number of rotatable bonds is 7. The van der Waals surface area contributed by atoms with Crippen LogP contribution in [-0.4, -0.2) is 39.2 Å². The molecule has 2 rings (SSSR count). The van der Waals surface area contributed by atoms with Gasteiger partial charge < -0.3 is 11.1 Å². The number of aryl methyl sites for hydroxylation is 1. The zero-order valence-corrected chi connectivity index (χ0v) is 16.5. The second-order valence-electron chi connectivity index (χ2n) is 6.29. The summed E-state index contributed by atoms with van der Waals surface area (Å²) in [6.45, 7) is 4.84. The largest absolute Gasteiger partial charge is 0.348 e. The summed E-state index contributed by atoms with van der Waals surface area (Å²) < 4.78 is 25.4. The average Bonchev–Trinajstić information content (AvgIpc) is 2.90. The molecule has 1 amide bonds. The first kappa shape index (κ1) is 21.7. The van der Waals surface area contributed by atoms with E-state index in [2.05, 4.69) is 12.2 Å². The molecule has 8 heteroatoms. The molecule has 142 valence electrons. The zero-order chi connectivity index (χ0) is 17.7. The van der Waals surface area contributed by atoms with Gasteiger partial charge in [-0.05, 0) is 43.5 Å². The van der Waals surface area contributed by atoms with E-state index in [4.69, 9.17) is 5.73 Å². The molecular weight excluding hydrogens is 362 g/mol. The summed E-state index contributed by atoms with van der Waals surface area (Å²) in [5, 5.41) is 2.97. The first-order chi connectivity index (χ1) is 11.4. The molecule has 1 fully saturated rings. The van der Waals surface area contributed by atoms with E-state index in [0.29, 0.717) is 30.8 Å². The molecule has 1 aliphatic rings. The number of amides is 1. The Kier molecular flexibility index (Phi) is 8.18. The Morgan fingerprint density at radius 2 is 2.12 bits per heavy atom. The van der Waals surface area contributed by atoms with Crippen LogP contribution < -0.4 is 15.4 Å². The Morgan fingerprint density at radius 1 is 1.40 bits per heavy atom. The number of nitrogens with one attached hydrogen (secondary N) is 1. The van der Waals surface area contributed by atoms with Crippen LogP contribution >= 0.6 is 12.4 Å². The van der Waals surface area contributed by atoms with E-state index in [1.807, 2.05) is 6.92 Å². The molecule has 0 radical (unpaired) electrons. The third-order valence-electron chi connectivity index (χ3n) is 4.37. The molecule has 0 aromatic heterocycles. The van der Waals surface area contributed by atoms with Crippen LogP contribution in [-0.2, 0) is 10.0 Å². The van der Waals surface area contributed by atoms with Gasteiger partial charge in [0.2, 0.25) is 10.0 Å². The van der Waals surface area contributed by atoms with Crippen molar-refractivity contribution in [1.29, 1.82) is 0 Å². The summed E-state index contributed by atoms with van der Waals surface area (Å²) in [5.41, 5.74) is 7.68. The van der Waals surface area contributed by atoms with Gasteiger partial charge >= 0.3 is 0 Å². The SMILES string of the molecule is CCCCC(CN)NC(=O)c1ccc(N2CCCS2(=O)=O)cc1C.Cl. The average molecular weight is 390 g/mol. The molecule has 3 N–H and O–H groups in total. The Labute approximate surface area is 156 Å². The number of benzene rings is 1. The minimum absolute atomic E-state index is 0. The fourth-order valence-electron chi connectivity index (χ4n) is 2.95. The lowest BCUT2D eigenvalue weighted by molar-refractivity contribution is 0.0935. The normalized spacial score (nSPS) is 17.0. The highest BCUT2D eigenvalue weighted by Gasteiger charge is 2.28. The van der Waals surface area contributed by atoms with Crippen LogP contribution in [0, 0.1) is 6.92 Å². The number of nitrogens with zero attached hydrogens (tertiary/aromatic N) is 1. The smallest absolute Gasteiger partial charge is 0.251 e. The lowest BCUT2D eigenvalue weighted by Crippen LogP contribution is -2.40. The van der Waals surface area contributed by atoms with E-state index in [9.17, 15) is 13.2 Å². The Hall–Kier alpha value is -1.31. The van der Waals surface area contributed by atoms with Crippen molar-refractivity contribution >= 4 is 34.0 Å². The van der Waals surface area contributed by atoms with Gasteiger partial charge in [0.25, 0.3) is 5.91 Å². The van der Waals surface area contributed by atoms with Crippen LogP contribution in [0.3, 0.4) is 0 Å². The molecule has 0 bridgehead atoms. The molecule has 1 unspecified atom stereocenters. The summed E-state index contributed by atoms with van der Waals surface area (Å²) in [6, 6.07) is 5.13. The molecule has 1 aromatic carbocycles. The second-order valence-corrected chi connectivity index (χ2v) is 8.30. The molecule has 0 aliphatic carbocycles. The summed E-state index contributed by atoms with van der Waals surface area (Å²) >= 11 is 0. The van der Waals surface area contributed by atoms with Crippen molar-refractivity contribution < 1.29 is 13.2 Å². The van der Waals surface area contributed by atoms with Crippen molar-refractivity contribution in [3.05, 3.63) is 29.3 Å². The van der Waals surface area contributed by atoms with Crippen LogP contribution in [0.2, 0.25) is 0 Å². The third-order valence-corrected chi connectivity index (χ3v) is 6.24. The van der Waals surface area contributed by atoms with Crippen LogP contribution in [0.5, 0.6) is 0 Å².